The Hall–Kier alpha value is -0.600. The predicted octanol–water partition coefficient (Wildman–Crippen LogP) is 0.683. The molecule has 0 fully saturated rings. The maximum Gasteiger partial charge on any atom is 0.0745 e. The summed E-state index contributed by atoms with van der Waals surface area (Å²) < 4.78 is 16.0. The molecule has 0 radical (unpaired) electrons. The zero-order valence-corrected chi connectivity index (χ0v) is 35.6. The summed E-state index contributed by atoms with van der Waals surface area (Å²) in [7, 11) is 0. The van der Waals surface area contributed by atoms with Crippen LogP contribution in [0.15, 0.2) is 0 Å². The highest BCUT2D eigenvalue weighted by Crippen LogP contribution is 2.03. The van der Waals surface area contributed by atoms with Gasteiger partial charge in [0.25, 0.3) is 0 Å². The topological polar surface area (TPSA) is 219 Å². The number of aliphatic hydroxyl groups is 9. The first kappa shape index (κ1) is 57.7. The van der Waals surface area contributed by atoms with Gasteiger partial charge in [0.15, 0.2) is 0 Å². The standard InChI is InChI=1S/3C13H29NO4/c3*1-11(15)4-6-14(7-5-12(2)16)8-9-18-10-13(3)17/h3*11-13,15-17H,4-10H2,1-3H3. The molecule has 9 N–H and O–H groups in total. The van der Waals surface area contributed by atoms with Crippen molar-refractivity contribution in [3.05, 3.63) is 0 Å². The van der Waals surface area contributed by atoms with Gasteiger partial charge >= 0.3 is 0 Å². The predicted molar refractivity (Wildman–Crippen MR) is 215 cm³/mol. The van der Waals surface area contributed by atoms with Crippen molar-refractivity contribution in [3.8, 4) is 0 Å². The molecule has 9 atom stereocenters. The second-order valence-corrected chi connectivity index (χ2v) is 15.1. The third-order valence-electron chi connectivity index (χ3n) is 7.91. The van der Waals surface area contributed by atoms with Crippen molar-refractivity contribution in [1.82, 2.24) is 14.7 Å². The minimum atomic E-state index is -0.437. The van der Waals surface area contributed by atoms with Gasteiger partial charge in [-0.2, -0.15) is 0 Å². The van der Waals surface area contributed by atoms with Crippen LogP contribution in [-0.4, -0.2) is 214 Å². The van der Waals surface area contributed by atoms with E-state index in [0.29, 0.717) is 39.6 Å². The molecule has 54 heavy (non-hydrogen) atoms. The summed E-state index contributed by atoms with van der Waals surface area (Å²) in [6, 6.07) is 0. The van der Waals surface area contributed by atoms with Crippen molar-refractivity contribution in [2.75, 3.05) is 98.5 Å². The van der Waals surface area contributed by atoms with E-state index >= 15 is 0 Å². The lowest BCUT2D eigenvalue weighted by atomic mass is 10.2. The quantitative estimate of drug-likeness (QED) is 0.0418. The van der Waals surface area contributed by atoms with Crippen LogP contribution in [0.3, 0.4) is 0 Å². The normalized spacial score (nSPS) is 16.8. The first-order valence-corrected chi connectivity index (χ1v) is 20.3. The molecule has 0 aliphatic carbocycles. The maximum atomic E-state index is 9.28. The van der Waals surface area contributed by atoms with Crippen molar-refractivity contribution in [2.45, 2.75) is 156 Å². The van der Waals surface area contributed by atoms with E-state index in [1.807, 2.05) is 0 Å². The van der Waals surface area contributed by atoms with Crippen LogP contribution < -0.4 is 0 Å². The second kappa shape index (κ2) is 39.2. The van der Waals surface area contributed by atoms with Crippen LogP contribution in [0.5, 0.6) is 0 Å². The Kier molecular flexibility index (Phi) is 41.9. The number of hydrogen-bond acceptors (Lipinski definition) is 15. The van der Waals surface area contributed by atoms with E-state index in [9.17, 15) is 30.6 Å². The van der Waals surface area contributed by atoms with Gasteiger partial charge < -0.3 is 74.9 Å². The third-order valence-corrected chi connectivity index (χ3v) is 7.91. The molecule has 0 aromatic heterocycles. The maximum absolute atomic E-state index is 9.28. The highest BCUT2D eigenvalue weighted by Gasteiger charge is 2.11. The highest BCUT2D eigenvalue weighted by atomic mass is 16.5. The second-order valence-electron chi connectivity index (χ2n) is 15.1. The molecule has 0 aliphatic rings. The summed E-state index contributed by atoms with van der Waals surface area (Å²) in [6.07, 6.45) is 1.15. The minimum Gasteiger partial charge on any atom is -0.393 e. The monoisotopic (exact) mass is 790 g/mol. The summed E-state index contributed by atoms with van der Waals surface area (Å²) in [6.45, 7) is 25.5. The zero-order chi connectivity index (χ0) is 41.9. The molecule has 0 heterocycles. The first-order valence-electron chi connectivity index (χ1n) is 20.3. The van der Waals surface area contributed by atoms with Gasteiger partial charge in [0, 0.05) is 58.9 Å². The molecular weight excluding hydrogens is 702 g/mol. The Morgan fingerprint density at radius 2 is 0.444 bits per heavy atom. The summed E-state index contributed by atoms with van der Waals surface area (Å²) >= 11 is 0. The van der Waals surface area contributed by atoms with E-state index in [4.69, 9.17) is 29.5 Å². The number of hydrogen-bond donors (Lipinski definition) is 9. The molecule has 0 aromatic rings. The van der Waals surface area contributed by atoms with Gasteiger partial charge in [-0.1, -0.05) is 0 Å². The number of ether oxygens (including phenoxy) is 3. The van der Waals surface area contributed by atoms with Gasteiger partial charge in [0.05, 0.1) is 94.6 Å². The van der Waals surface area contributed by atoms with Crippen LogP contribution in [0.25, 0.3) is 0 Å². The summed E-state index contributed by atoms with van der Waals surface area (Å²) in [5.74, 6) is 0. The molecule has 0 aliphatic heterocycles. The molecule has 0 saturated heterocycles. The van der Waals surface area contributed by atoms with Gasteiger partial charge in [-0.15, -0.1) is 0 Å². The van der Waals surface area contributed by atoms with Crippen LogP contribution in [0.4, 0.5) is 0 Å². The first-order chi connectivity index (χ1) is 25.2. The Morgan fingerprint density at radius 3 is 0.574 bits per heavy atom. The Labute approximate surface area is 328 Å². The van der Waals surface area contributed by atoms with Gasteiger partial charge in [0.1, 0.15) is 0 Å². The molecule has 0 bridgehead atoms. The van der Waals surface area contributed by atoms with Crippen LogP contribution in [0.2, 0.25) is 0 Å². The lowest BCUT2D eigenvalue weighted by Crippen LogP contribution is -2.33. The van der Waals surface area contributed by atoms with Crippen LogP contribution in [-0.2, 0) is 14.2 Å². The Morgan fingerprint density at radius 1 is 0.278 bits per heavy atom. The fourth-order valence-electron chi connectivity index (χ4n) is 4.57. The smallest absolute Gasteiger partial charge is 0.0745 e. The number of nitrogens with zero attached hydrogens (tertiary/aromatic N) is 3. The van der Waals surface area contributed by atoms with Gasteiger partial charge in [-0.3, -0.25) is 0 Å². The van der Waals surface area contributed by atoms with Crippen LogP contribution in [0.1, 0.15) is 101 Å². The minimum absolute atomic E-state index is 0.308. The largest absolute Gasteiger partial charge is 0.393 e. The molecule has 0 rings (SSSR count). The SMILES string of the molecule is CC(O)CCN(CCOCC(C)O)CCC(C)O.CC(O)CCN(CCOCC(C)O)CCC(C)O.CC(O)CCN(CCOCC(C)O)CCC(C)O. The lowest BCUT2D eigenvalue weighted by Gasteiger charge is -2.23. The van der Waals surface area contributed by atoms with Gasteiger partial charge in [-0.25, -0.2) is 0 Å². The summed E-state index contributed by atoms with van der Waals surface area (Å²) in [5, 5.41) is 82.9. The van der Waals surface area contributed by atoms with E-state index < -0.39 is 18.3 Å². The Balaban J connectivity index is -0.000000722. The molecule has 0 spiro atoms. The fraction of sp³-hybridized carbons (Fsp3) is 1.00. The average molecular weight is 790 g/mol. The van der Waals surface area contributed by atoms with E-state index in [1.165, 1.54) is 0 Å². The molecule has 0 amide bonds. The van der Waals surface area contributed by atoms with Crippen molar-refractivity contribution >= 4 is 0 Å². The van der Waals surface area contributed by atoms with E-state index in [0.717, 1.165) is 97.4 Å². The van der Waals surface area contributed by atoms with E-state index in [2.05, 4.69) is 14.7 Å². The molecule has 330 valence electrons. The average Bonchev–Trinajstić information content (AvgIpc) is 3.05. The Bertz CT molecular complexity index is 617. The fourth-order valence-corrected chi connectivity index (χ4v) is 4.57. The highest BCUT2D eigenvalue weighted by molar-refractivity contribution is 4.65. The zero-order valence-electron chi connectivity index (χ0n) is 35.6. The molecule has 15 nitrogen and oxygen atoms in total. The number of rotatable bonds is 33. The van der Waals surface area contributed by atoms with Crippen molar-refractivity contribution in [3.63, 3.8) is 0 Å². The summed E-state index contributed by atoms with van der Waals surface area (Å²) in [5.41, 5.74) is 0. The lowest BCUT2D eigenvalue weighted by molar-refractivity contribution is 0.0318. The van der Waals surface area contributed by atoms with E-state index in [1.54, 1.807) is 62.3 Å². The third kappa shape index (κ3) is 51.4. The van der Waals surface area contributed by atoms with E-state index in [-0.39, 0.29) is 36.6 Å². The molecule has 15 heteroatoms. The molecule has 0 saturated carbocycles. The van der Waals surface area contributed by atoms with Crippen LogP contribution in [0, 0.1) is 0 Å². The van der Waals surface area contributed by atoms with Crippen molar-refractivity contribution in [1.29, 1.82) is 0 Å². The van der Waals surface area contributed by atoms with Crippen molar-refractivity contribution in [2.24, 2.45) is 0 Å². The molecule has 0 aromatic carbocycles. The van der Waals surface area contributed by atoms with Crippen LogP contribution >= 0.6 is 0 Å². The van der Waals surface area contributed by atoms with Crippen molar-refractivity contribution < 1.29 is 60.2 Å². The van der Waals surface area contributed by atoms with Gasteiger partial charge in [-0.05, 0) is 101 Å². The molecule has 9 unspecified atom stereocenters. The van der Waals surface area contributed by atoms with Gasteiger partial charge in [0.2, 0.25) is 0 Å². The molecular formula is C39H87N3O12. The number of aliphatic hydroxyl groups excluding tert-OH is 9. The summed E-state index contributed by atoms with van der Waals surface area (Å²) in [4.78, 5) is 6.50.